The Labute approximate surface area is 199 Å². The minimum Gasteiger partial charge on any atom is -0.357 e. The Balaban J connectivity index is 2.08. The largest absolute Gasteiger partial charge is 0.357 e. The fraction of sp³-hybridized carbons (Fsp3) is 0.364. The molecule has 10 heteroatoms. The Kier molecular flexibility index (Phi) is 9.51. The molecule has 0 heterocycles. The number of hydrogen-bond donors (Lipinski definition) is 1. The highest BCUT2D eigenvalue weighted by molar-refractivity contribution is 7.89. The highest BCUT2D eigenvalue weighted by atomic mass is 35.5. The Morgan fingerprint density at radius 3 is 2.34 bits per heavy atom. The summed E-state index contributed by atoms with van der Waals surface area (Å²) in [6.07, 6.45) is 0.369. The van der Waals surface area contributed by atoms with Crippen LogP contribution in [0.5, 0.6) is 0 Å². The quantitative estimate of drug-likeness (QED) is 0.541. The van der Waals surface area contributed by atoms with Gasteiger partial charge in [-0.25, -0.2) is 12.7 Å². The molecule has 2 aromatic rings. The van der Waals surface area contributed by atoms with Crippen molar-refractivity contribution in [2.75, 3.05) is 20.6 Å². The van der Waals surface area contributed by atoms with Crippen LogP contribution in [0.3, 0.4) is 0 Å². The molecule has 32 heavy (non-hydrogen) atoms. The van der Waals surface area contributed by atoms with Gasteiger partial charge in [0.05, 0.1) is 4.90 Å². The molecule has 0 aliphatic heterocycles. The van der Waals surface area contributed by atoms with Gasteiger partial charge in [-0.1, -0.05) is 47.5 Å². The molecule has 174 valence electrons. The maximum absolute atomic E-state index is 13.0. The monoisotopic (exact) mass is 499 g/mol. The van der Waals surface area contributed by atoms with Gasteiger partial charge in [0.15, 0.2) is 0 Å². The van der Waals surface area contributed by atoms with Crippen molar-refractivity contribution >= 4 is 45.0 Å². The summed E-state index contributed by atoms with van der Waals surface area (Å²) < 4.78 is 26.5. The number of nitrogens with one attached hydrogen (secondary N) is 1. The molecule has 0 aliphatic rings. The molecule has 0 saturated carbocycles. The van der Waals surface area contributed by atoms with E-state index in [-0.39, 0.29) is 36.2 Å². The summed E-state index contributed by atoms with van der Waals surface area (Å²) in [5, 5.41) is 3.41. The number of likely N-dealkylation sites (N-methyl/N-ethyl adjacent to an activating group) is 1. The third-order valence-electron chi connectivity index (χ3n) is 5.08. The van der Waals surface area contributed by atoms with E-state index in [1.165, 1.54) is 35.4 Å². The second-order valence-electron chi connectivity index (χ2n) is 7.29. The minimum absolute atomic E-state index is 0.0706. The molecular weight excluding hydrogens is 473 g/mol. The van der Waals surface area contributed by atoms with Crippen LogP contribution in [-0.2, 0) is 26.2 Å². The number of benzene rings is 2. The number of carbonyl (C=O) groups excluding carboxylic acids is 2. The average Bonchev–Trinajstić information content (AvgIpc) is 2.77. The maximum Gasteiger partial charge on any atom is 0.242 e. The molecule has 2 rings (SSSR count). The van der Waals surface area contributed by atoms with E-state index in [2.05, 4.69) is 5.32 Å². The van der Waals surface area contributed by atoms with Crippen LogP contribution < -0.4 is 5.32 Å². The second kappa shape index (κ2) is 11.7. The summed E-state index contributed by atoms with van der Waals surface area (Å²) in [6.45, 7) is 1.92. The van der Waals surface area contributed by atoms with E-state index >= 15 is 0 Å². The number of carbonyl (C=O) groups is 2. The van der Waals surface area contributed by atoms with Gasteiger partial charge in [-0.2, -0.15) is 0 Å². The lowest BCUT2D eigenvalue weighted by molar-refractivity contribution is -0.140. The van der Waals surface area contributed by atoms with E-state index in [1.807, 2.05) is 0 Å². The van der Waals surface area contributed by atoms with Crippen molar-refractivity contribution in [3.05, 3.63) is 64.1 Å². The van der Waals surface area contributed by atoms with E-state index < -0.39 is 16.1 Å². The van der Waals surface area contributed by atoms with Gasteiger partial charge >= 0.3 is 0 Å². The van der Waals surface area contributed by atoms with Gasteiger partial charge in [-0.05, 0) is 43.2 Å². The zero-order chi connectivity index (χ0) is 23.9. The number of sulfonamides is 1. The van der Waals surface area contributed by atoms with Gasteiger partial charge < -0.3 is 10.2 Å². The molecule has 0 aromatic heterocycles. The molecule has 1 atom stereocenters. The van der Waals surface area contributed by atoms with Gasteiger partial charge in [0.1, 0.15) is 6.04 Å². The zero-order valence-corrected chi connectivity index (χ0v) is 20.5. The smallest absolute Gasteiger partial charge is 0.242 e. The molecule has 1 N–H and O–H groups in total. The normalized spacial score (nSPS) is 12.4. The van der Waals surface area contributed by atoms with Crippen LogP contribution in [0, 0.1) is 0 Å². The molecule has 2 amide bonds. The molecule has 0 unspecified atom stereocenters. The third kappa shape index (κ3) is 6.68. The first-order valence-corrected chi connectivity index (χ1v) is 12.2. The Hall–Kier alpha value is -2.13. The second-order valence-corrected chi connectivity index (χ2v) is 10.2. The van der Waals surface area contributed by atoms with Crippen LogP contribution in [0.15, 0.2) is 53.4 Å². The van der Waals surface area contributed by atoms with Crippen LogP contribution >= 0.6 is 23.2 Å². The minimum atomic E-state index is -3.63. The summed E-state index contributed by atoms with van der Waals surface area (Å²) in [5.74, 6) is -0.593. The summed E-state index contributed by atoms with van der Waals surface area (Å²) in [5.41, 5.74) is 0.656. The first-order valence-electron chi connectivity index (χ1n) is 10.0. The van der Waals surface area contributed by atoms with Crippen molar-refractivity contribution in [3.63, 3.8) is 0 Å². The molecule has 0 fully saturated rings. The van der Waals surface area contributed by atoms with Gasteiger partial charge in [0.2, 0.25) is 21.8 Å². The first-order chi connectivity index (χ1) is 15.1. The van der Waals surface area contributed by atoms with E-state index in [4.69, 9.17) is 23.2 Å². The molecule has 0 saturated heterocycles. The van der Waals surface area contributed by atoms with Crippen LogP contribution in [0.25, 0.3) is 0 Å². The van der Waals surface area contributed by atoms with E-state index in [0.717, 1.165) is 0 Å². The van der Waals surface area contributed by atoms with E-state index in [1.54, 1.807) is 43.3 Å². The number of rotatable bonds is 10. The molecule has 0 bridgehead atoms. The van der Waals surface area contributed by atoms with E-state index in [0.29, 0.717) is 22.0 Å². The van der Waals surface area contributed by atoms with Gasteiger partial charge in [-0.3, -0.25) is 9.59 Å². The maximum atomic E-state index is 13.0. The number of halogens is 2. The molecule has 2 aromatic carbocycles. The first kappa shape index (κ1) is 26.1. The summed E-state index contributed by atoms with van der Waals surface area (Å²) in [7, 11) is -0.657. The average molecular weight is 500 g/mol. The fourth-order valence-corrected chi connectivity index (χ4v) is 4.81. The predicted octanol–water partition coefficient (Wildman–Crippen LogP) is 3.56. The SMILES string of the molecule is CNC(=O)[C@@H](C)N(Cc1ccc(Cl)cc1Cl)C(=O)CCCN(C)S(=O)(=O)c1ccccc1. The number of nitrogens with zero attached hydrogens (tertiary/aromatic N) is 2. The van der Waals surface area contributed by atoms with Crippen LogP contribution in [-0.4, -0.2) is 56.1 Å². The van der Waals surface area contributed by atoms with Crippen molar-refractivity contribution < 1.29 is 18.0 Å². The molecular formula is C22H27Cl2N3O4S. The van der Waals surface area contributed by atoms with Crippen LogP contribution in [0.4, 0.5) is 0 Å². The Bertz CT molecular complexity index is 1050. The van der Waals surface area contributed by atoms with Crippen molar-refractivity contribution in [1.82, 2.24) is 14.5 Å². The molecule has 0 aliphatic carbocycles. The topological polar surface area (TPSA) is 86.8 Å². The fourth-order valence-electron chi connectivity index (χ4n) is 3.11. The summed E-state index contributed by atoms with van der Waals surface area (Å²) in [6, 6.07) is 12.3. The molecule has 0 spiro atoms. The van der Waals surface area contributed by atoms with Crippen molar-refractivity contribution in [2.24, 2.45) is 0 Å². The lowest BCUT2D eigenvalue weighted by atomic mass is 10.1. The highest BCUT2D eigenvalue weighted by Gasteiger charge is 2.26. The number of hydrogen-bond acceptors (Lipinski definition) is 4. The lowest BCUT2D eigenvalue weighted by Gasteiger charge is -2.29. The highest BCUT2D eigenvalue weighted by Crippen LogP contribution is 2.24. The molecule has 7 nitrogen and oxygen atoms in total. The van der Waals surface area contributed by atoms with Gasteiger partial charge in [-0.15, -0.1) is 0 Å². The van der Waals surface area contributed by atoms with Crippen LogP contribution in [0.2, 0.25) is 10.0 Å². The zero-order valence-electron chi connectivity index (χ0n) is 18.2. The Morgan fingerprint density at radius 2 is 1.75 bits per heavy atom. The molecule has 0 radical (unpaired) electrons. The third-order valence-corrected chi connectivity index (χ3v) is 7.54. The van der Waals surface area contributed by atoms with Crippen LogP contribution in [0.1, 0.15) is 25.3 Å². The summed E-state index contributed by atoms with van der Waals surface area (Å²) in [4.78, 5) is 26.8. The van der Waals surface area contributed by atoms with Crippen molar-refractivity contribution in [2.45, 2.75) is 37.2 Å². The summed E-state index contributed by atoms with van der Waals surface area (Å²) >= 11 is 12.2. The van der Waals surface area contributed by atoms with E-state index in [9.17, 15) is 18.0 Å². The number of amides is 2. The standard InChI is InChI=1S/C22H27Cl2N3O4S/c1-16(22(29)25-2)27(15-17-11-12-18(23)14-20(17)24)21(28)10-7-13-26(3)32(30,31)19-8-5-4-6-9-19/h4-6,8-9,11-12,14,16H,7,10,13,15H2,1-3H3,(H,25,29)/t16-/m1/s1. The van der Waals surface area contributed by atoms with Gasteiger partial charge in [0, 0.05) is 43.7 Å². The Morgan fingerprint density at radius 1 is 1.09 bits per heavy atom. The lowest BCUT2D eigenvalue weighted by Crippen LogP contribution is -2.46. The predicted molar refractivity (Wildman–Crippen MR) is 126 cm³/mol. The van der Waals surface area contributed by atoms with Crippen molar-refractivity contribution in [1.29, 1.82) is 0 Å². The van der Waals surface area contributed by atoms with Gasteiger partial charge in [0.25, 0.3) is 0 Å². The van der Waals surface area contributed by atoms with Crippen molar-refractivity contribution in [3.8, 4) is 0 Å².